The Morgan fingerprint density at radius 2 is 1.81 bits per heavy atom. The number of ether oxygens (including phenoxy) is 4. The lowest BCUT2D eigenvalue weighted by molar-refractivity contribution is -0.137. The number of fused-ring (bicyclic) bond motifs is 1. The predicted octanol–water partition coefficient (Wildman–Crippen LogP) is 4.78. The summed E-state index contributed by atoms with van der Waals surface area (Å²) in [6, 6.07) is 14.1. The summed E-state index contributed by atoms with van der Waals surface area (Å²) >= 11 is 0. The van der Waals surface area contributed by atoms with Crippen LogP contribution in [0.15, 0.2) is 48.5 Å². The molecule has 0 bridgehead atoms. The maximum Gasteiger partial charge on any atom is 0.304 e. The molecule has 1 fully saturated rings. The highest BCUT2D eigenvalue weighted by Gasteiger charge is 2.29. The van der Waals surface area contributed by atoms with Crippen molar-refractivity contribution in [3.63, 3.8) is 0 Å². The second-order valence-electron chi connectivity index (χ2n) is 9.59. The molecule has 8 heteroatoms. The lowest BCUT2D eigenvalue weighted by Crippen LogP contribution is -2.29. The number of halogens is 1. The molecule has 2 N–H and O–H groups in total. The summed E-state index contributed by atoms with van der Waals surface area (Å²) in [5.41, 5.74) is 5.03. The van der Waals surface area contributed by atoms with Crippen molar-refractivity contribution < 1.29 is 38.3 Å². The van der Waals surface area contributed by atoms with Gasteiger partial charge in [-0.15, -0.1) is 0 Å². The largest absolute Gasteiger partial charge is 0.492 e. The topological polar surface area (TPSA) is 94.5 Å². The Balaban J connectivity index is 1.31. The Morgan fingerprint density at radius 1 is 1.03 bits per heavy atom. The van der Waals surface area contributed by atoms with Crippen LogP contribution in [0.2, 0.25) is 0 Å². The molecule has 0 saturated carbocycles. The van der Waals surface area contributed by atoms with Crippen LogP contribution in [0.5, 0.6) is 17.2 Å². The van der Waals surface area contributed by atoms with E-state index in [-0.39, 0.29) is 31.4 Å². The highest BCUT2D eigenvalue weighted by Crippen LogP contribution is 2.39. The first-order valence-corrected chi connectivity index (χ1v) is 12.2. The fraction of sp³-hybridized carbons (Fsp3) is 0.345. The lowest BCUT2D eigenvalue weighted by Gasteiger charge is -2.19. The summed E-state index contributed by atoms with van der Waals surface area (Å²) < 4.78 is 37.4. The van der Waals surface area contributed by atoms with Crippen molar-refractivity contribution in [1.82, 2.24) is 0 Å². The van der Waals surface area contributed by atoms with E-state index in [0.29, 0.717) is 36.0 Å². The van der Waals surface area contributed by atoms with Gasteiger partial charge in [-0.1, -0.05) is 12.1 Å². The van der Waals surface area contributed by atoms with Gasteiger partial charge in [0.05, 0.1) is 26.2 Å². The number of carboxylic acid groups (broad SMARTS) is 1. The Labute approximate surface area is 214 Å². The number of aliphatic hydroxyl groups excluding tert-OH is 1. The van der Waals surface area contributed by atoms with Crippen molar-refractivity contribution in [2.45, 2.75) is 45.0 Å². The third-order valence-corrected chi connectivity index (χ3v) is 6.81. The molecule has 0 spiro atoms. The maximum atomic E-state index is 14.7. The van der Waals surface area contributed by atoms with Crippen LogP contribution >= 0.6 is 0 Å². The van der Waals surface area contributed by atoms with Gasteiger partial charge in [0.15, 0.2) is 0 Å². The molecule has 2 heterocycles. The quantitative estimate of drug-likeness (QED) is 0.452. The fourth-order valence-corrected chi connectivity index (χ4v) is 4.99. The van der Waals surface area contributed by atoms with Gasteiger partial charge in [-0.05, 0) is 66.4 Å². The van der Waals surface area contributed by atoms with Crippen molar-refractivity contribution in [1.29, 1.82) is 0 Å². The van der Waals surface area contributed by atoms with E-state index in [1.54, 1.807) is 24.3 Å². The van der Waals surface area contributed by atoms with Gasteiger partial charge < -0.3 is 29.2 Å². The van der Waals surface area contributed by atoms with E-state index in [2.05, 4.69) is 0 Å². The molecule has 7 nitrogen and oxygen atoms in total. The number of aliphatic hydroxyl groups is 1. The molecule has 3 unspecified atom stereocenters. The average molecular weight is 509 g/mol. The van der Waals surface area contributed by atoms with Crippen LogP contribution in [-0.2, 0) is 16.1 Å². The number of carbonyl (C=O) groups is 1. The summed E-state index contributed by atoms with van der Waals surface area (Å²) in [7, 11) is 0. The number of rotatable bonds is 8. The van der Waals surface area contributed by atoms with E-state index < -0.39 is 18.2 Å². The molecular weight excluding hydrogens is 479 g/mol. The Bertz CT molecular complexity index is 1300. The van der Waals surface area contributed by atoms with Gasteiger partial charge >= 0.3 is 5.97 Å². The third-order valence-electron chi connectivity index (χ3n) is 6.81. The number of carboxylic acids is 1. The van der Waals surface area contributed by atoms with E-state index in [4.69, 9.17) is 24.1 Å². The molecule has 2 aliphatic rings. The van der Waals surface area contributed by atoms with Gasteiger partial charge in [0.25, 0.3) is 0 Å². The van der Waals surface area contributed by atoms with Gasteiger partial charge in [0.2, 0.25) is 0 Å². The second kappa shape index (κ2) is 10.4. The SMILES string of the molecule is Cc1cc(OC2COCC2O)cc(C)c1-c1ccc(F)c(COc2ccc3c(c2)OCC3CC(=O)O)c1. The average Bonchev–Trinajstić information content (AvgIpc) is 3.43. The number of aliphatic carboxylic acids is 1. The van der Waals surface area contributed by atoms with Crippen molar-refractivity contribution in [2.75, 3.05) is 19.8 Å². The van der Waals surface area contributed by atoms with Crippen LogP contribution in [0.4, 0.5) is 4.39 Å². The molecule has 2 aliphatic heterocycles. The normalized spacial score (nSPS) is 20.4. The number of benzene rings is 3. The first-order chi connectivity index (χ1) is 17.8. The zero-order valence-electron chi connectivity index (χ0n) is 20.7. The summed E-state index contributed by atoms with van der Waals surface area (Å²) in [6.45, 7) is 4.90. The molecular formula is C29H29FO7. The van der Waals surface area contributed by atoms with E-state index >= 15 is 0 Å². The molecule has 0 aliphatic carbocycles. The second-order valence-corrected chi connectivity index (χ2v) is 9.59. The minimum Gasteiger partial charge on any atom is -0.492 e. The van der Waals surface area contributed by atoms with Crippen molar-refractivity contribution in [2.24, 2.45) is 0 Å². The van der Waals surface area contributed by atoms with Crippen LogP contribution in [0.25, 0.3) is 11.1 Å². The smallest absolute Gasteiger partial charge is 0.304 e. The summed E-state index contributed by atoms with van der Waals surface area (Å²) in [5.74, 6) is 0.355. The van der Waals surface area contributed by atoms with Crippen LogP contribution in [0.3, 0.4) is 0 Å². The molecule has 3 atom stereocenters. The Morgan fingerprint density at radius 3 is 2.51 bits per heavy atom. The molecule has 0 aromatic heterocycles. The first-order valence-electron chi connectivity index (χ1n) is 12.2. The van der Waals surface area contributed by atoms with Crippen LogP contribution in [0.1, 0.15) is 34.6 Å². The molecule has 0 amide bonds. The zero-order valence-corrected chi connectivity index (χ0v) is 20.7. The molecule has 0 radical (unpaired) electrons. The van der Waals surface area contributed by atoms with Crippen molar-refractivity contribution in [3.8, 4) is 28.4 Å². The zero-order chi connectivity index (χ0) is 26.1. The standard InChI is InChI=1S/C29H29FO7/c1-16-7-22(37-27-15-34-14-25(27)31)8-17(2)29(16)18-3-6-24(30)20(9-18)13-35-21-4-5-23-19(10-28(32)33)12-36-26(23)11-21/h3-9,11,19,25,27,31H,10,12-15H2,1-2H3,(H,32,33). The number of aryl methyl sites for hydroxylation is 2. The van der Waals surface area contributed by atoms with Gasteiger partial charge in [0, 0.05) is 23.1 Å². The molecule has 5 rings (SSSR count). The Kier molecular flexibility index (Phi) is 7.04. The van der Waals surface area contributed by atoms with Gasteiger partial charge in [-0.25, -0.2) is 4.39 Å². The highest BCUT2D eigenvalue weighted by atomic mass is 19.1. The van der Waals surface area contributed by atoms with Crippen molar-refractivity contribution >= 4 is 5.97 Å². The molecule has 3 aromatic rings. The number of hydrogen-bond acceptors (Lipinski definition) is 6. The molecule has 1 saturated heterocycles. The lowest BCUT2D eigenvalue weighted by atomic mass is 9.94. The van der Waals surface area contributed by atoms with E-state index in [9.17, 15) is 14.3 Å². The minimum absolute atomic E-state index is 0.00803. The van der Waals surface area contributed by atoms with E-state index in [1.165, 1.54) is 6.07 Å². The molecule has 3 aromatic carbocycles. The highest BCUT2D eigenvalue weighted by molar-refractivity contribution is 5.72. The van der Waals surface area contributed by atoms with Crippen LogP contribution in [0, 0.1) is 19.7 Å². The van der Waals surface area contributed by atoms with Crippen LogP contribution < -0.4 is 14.2 Å². The van der Waals surface area contributed by atoms with Crippen LogP contribution in [-0.4, -0.2) is 48.2 Å². The summed E-state index contributed by atoms with van der Waals surface area (Å²) in [5, 5.41) is 19.0. The van der Waals surface area contributed by atoms with Gasteiger partial charge in [-0.3, -0.25) is 4.79 Å². The van der Waals surface area contributed by atoms with Crippen molar-refractivity contribution in [3.05, 3.63) is 76.6 Å². The van der Waals surface area contributed by atoms with E-state index in [1.807, 2.05) is 32.0 Å². The third kappa shape index (κ3) is 5.40. The van der Waals surface area contributed by atoms with E-state index in [0.717, 1.165) is 27.8 Å². The summed E-state index contributed by atoms with van der Waals surface area (Å²) in [4.78, 5) is 11.1. The monoisotopic (exact) mass is 508 g/mol. The first kappa shape index (κ1) is 25.0. The number of hydrogen-bond donors (Lipinski definition) is 2. The van der Waals surface area contributed by atoms with Gasteiger partial charge in [-0.2, -0.15) is 0 Å². The minimum atomic E-state index is -0.869. The molecule has 37 heavy (non-hydrogen) atoms. The molecule has 194 valence electrons. The predicted molar refractivity (Wildman–Crippen MR) is 134 cm³/mol. The summed E-state index contributed by atoms with van der Waals surface area (Å²) in [6.07, 6.45) is -1.04. The Hall–Kier alpha value is -3.62. The fourth-order valence-electron chi connectivity index (χ4n) is 4.99. The maximum absolute atomic E-state index is 14.7. The van der Waals surface area contributed by atoms with Gasteiger partial charge in [0.1, 0.15) is 41.9 Å².